The van der Waals surface area contributed by atoms with Crippen molar-refractivity contribution in [2.45, 2.75) is 44.1 Å². The van der Waals surface area contributed by atoms with Crippen LogP contribution in [0.2, 0.25) is 0 Å². The average Bonchev–Trinajstić information content (AvgIpc) is 3.42. The number of carbonyl (C=O) groups is 2. The van der Waals surface area contributed by atoms with E-state index in [1.54, 1.807) is 0 Å². The summed E-state index contributed by atoms with van der Waals surface area (Å²) in [5.41, 5.74) is 5.66. The molecule has 5 nitrogen and oxygen atoms in total. The summed E-state index contributed by atoms with van der Waals surface area (Å²) >= 11 is 0. The maximum atomic E-state index is 13.9. The van der Waals surface area contributed by atoms with E-state index >= 15 is 0 Å². The number of nitrogens with one attached hydrogen (secondary N) is 1. The van der Waals surface area contributed by atoms with Crippen LogP contribution in [0.3, 0.4) is 0 Å². The van der Waals surface area contributed by atoms with Crippen molar-refractivity contribution in [3.05, 3.63) is 35.4 Å². The number of likely N-dealkylation sites (tertiary alicyclic amines) is 1. The van der Waals surface area contributed by atoms with Crippen LogP contribution in [-0.2, 0) is 9.59 Å². The topological polar surface area (TPSA) is 75.4 Å². The van der Waals surface area contributed by atoms with Gasteiger partial charge in [-0.05, 0) is 55.4 Å². The van der Waals surface area contributed by atoms with Gasteiger partial charge in [0.25, 0.3) is 0 Å². The monoisotopic (exact) mass is 365 g/mol. The van der Waals surface area contributed by atoms with Gasteiger partial charge >= 0.3 is 0 Å². The Morgan fingerprint density at radius 1 is 1.27 bits per heavy atom. The van der Waals surface area contributed by atoms with Crippen LogP contribution >= 0.6 is 0 Å². The molecule has 2 aliphatic rings. The molecule has 0 aromatic heterocycles. The van der Waals surface area contributed by atoms with Crippen molar-refractivity contribution in [2.75, 3.05) is 19.6 Å². The van der Waals surface area contributed by atoms with Gasteiger partial charge in [0.15, 0.2) is 0 Å². The summed E-state index contributed by atoms with van der Waals surface area (Å²) in [7, 11) is 0. The Kier molecular flexibility index (Phi) is 5.86. The fraction of sp³-hybridized carbons (Fsp3) is 0.579. The lowest BCUT2D eigenvalue weighted by Gasteiger charge is -2.36. The largest absolute Gasteiger partial charge is 0.354 e. The zero-order valence-electron chi connectivity index (χ0n) is 14.7. The Morgan fingerprint density at radius 2 is 2.08 bits per heavy atom. The molecule has 3 rings (SSSR count). The van der Waals surface area contributed by atoms with Gasteiger partial charge in [0.2, 0.25) is 11.8 Å². The van der Waals surface area contributed by atoms with Crippen LogP contribution in [0, 0.1) is 17.6 Å². The molecule has 0 bridgehead atoms. The number of hydrogen-bond acceptors (Lipinski definition) is 3. The van der Waals surface area contributed by atoms with Crippen molar-refractivity contribution >= 4 is 11.8 Å². The number of piperidine rings is 1. The van der Waals surface area contributed by atoms with Gasteiger partial charge in [-0.1, -0.05) is 0 Å². The molecule has 1 heterocycles. The van der Waals surface area contributed by atoms with Crippen molar-refractivity contribution in [1.29, 1.82) is 0 Å². The van der Waals surface area contributed by atoms with Crippen molar-refractivity contribution in [3.63, 3.8) is 0 Å². The van der Waals surface area contributed by atoms with Crippen LogP contribution in [0.4, 0.5) is 8.78 Å². The minimum atomic E-state index is -0.488. The minimum Gasteiger partial charge on any atom is -0.354 e. The van der Waals surface area contributed by atoms with Crippen LogP contribution in [0.5, 0.6) is 0 Å². The number of amides is 2. The lowest BCUT2D eigenvalue weighted by molar-refractivity contribution is -0.137. The third kappa shape index (κ3) is 4.20. The van der Waals surface area contributed by atoms with E-state index in [1.165, 1.54) is 6.07 Å². The van der Waals surface area contributed by atoms with Gasteiger partial charge in [-0.2, -0.15) is 0 Å². The van der Waals surface area contributed by atoms with E-state index in [0.717, 1.165) is 31.4 Å². The second-order valence-corrected chi connectivity index (χ2v) is 7.14. The van der Waals surface area contributed by atoms with Crippen LogP contribution in [0.25, 0.3) is 0 Å². The molecular weight excluding hydrogens is 340 g/mol. The Labute approximate surface area is 151 Å². The molecule has 0 spiro atoms. The number of rotatable bonds is 6. The third-order valence-corrected chi connectivity index (χ3v) is 5.28. The summed E-state index contributed by atoms with van der Waals surface area (Å²) in [5, 5.41) is 2.83. The SMILES string of the molecule is NCCC(=O)NCC1CCCCN1C(=O)C1CC1c1cc(F)ccc1F. The van der Waals surface area contributed by atoms with E-state index < -0.39 is 11.6 Å². The van der Waals surface area contributed by atoms with Gasteiger partial charge in [-0.3, -0.25) is 9.59 Å². The van der Waals surface area contributed by atoms with Crippen LogP contribution in [-0.4, -0.2) is 42.4 Å². The molecule has 26 heavy (non-hydrogen) atoms. The average molecular weight is 365 g/mol. The molecule has 3 unspecified atom stereocenters. The number of nitrogens with two attached hydrogens (primary N) is 1. The van der Waals surface area contributed by atoms with E-state index in [-0.39, 0.29) is 41.7 Å². The standard InChI is InChI=1S/C19H25F2N3O2/c20-12-4-5-17(21)15(9-12)14-10-16(14)19(26)24-8-2-1-3-13(24)11-23-18(25)6-7-22/h4-5,9,13-14,16H,1-3,6-8,10-11,22H2,(H,23,25). The molecule has 2 fully saturated rings. The fourth-order valence-corrected chi connectivity index (χ4v) is 3.78. The maximum Gasteiger partial charge on any atom is 0.226 e. The van der Waals surface area contributed by atoms with Gasteiger partial charge in [0, 0.05) is 38.0 Å². The Bertz CT molecular complexity index is 683. The predicted octanol–water partition coefficient (Wildman–Crippen LogP) is 1.91. The van der Waals surface area contributed by atoms with Gasteiger partial charge in [-0.15, -0.1) is 0 Å². The van der Waals surface area contributed by atoms with Crippen molar-refractivity contribution in [2.24, 2.45) is 11.7 Å². The molecular formula is C19H25F2N3O2. The first-order chi connectivity index (χ1) is 12.5. The van der Waals surface area contributed by atoms with Crippen molar-refractivity contribution < 1.29 is 18.4 Å². The third-order valence-electron chi connectivity index (χ3n) is 5.28. The first-order valence-electron chi connectivity index (χ1n) is 9.23. The number of benzene rings is 1. The molecule has 0 radical (unpaired) electrons. The zero-order chi connectivity index (χ0) is 18.7. The van der Waals surface area contributed by atoms with E-state index in [9.17, 15) is 18.4 Å². The molecule has 1 aromatic carbocycles. The summed E-state index contributed by atoms with van der Waals surface area (Å²) in [6, 6.07) is 3.34. The first kappa shape index (κ1) is 18.8. The minimum absolute atomic E-state index is 0.0172. The van der Waals surface area contributed by atoms with Gasteiger partial charge < -0.3 is 16.0 Å². The van der Waals surface area contributed by atoms with E-state index in [1.807, 2.05) is 4.90 Å². The summed E-state index contributed by atoms with van der Waals surface area (Å²) < 4.78 is 27.4. The van der Waals surface area contributed by atoms with Gasteiger partial charge in [0.1, 0.15) is 11.6 Å². The van der Waals surface area contributed by atoms with Crippen molar-refractivity contribution in [1.82, 2.24) is 10.2 Å². The van der Waals surface area contributed by atoms with Crippen LogP contribution < -0.4 is 11.1 Å². The number of nitrogens with zero attached hydrogens (tertiary/aromatic N) is 1. The Morgan fingerprint density at radius 3 is 2.85 bits per heavy atom. The highest BCUT2D eigenvalue weighted by atomic mass is 19.1. The maximum absolute atomic E-state index is 13.9. The lowest BCUT2D eigenvalue weighted by Crippen LogP contribution is -2.50. The fourth-order valence-electron chi connectivity index (χ4n) is 3.78. The number of halogens is 2. The first-order valence-corrected chi connectivity index (χ1v) is 9.23. The summed E-state index contributed by atoms with van der Waals surface area (Å²) in [6.07, 6.45) is 3.57. The second-order valence-electron chi connectivity index (χ2n) is 7.14. The summed E-state index contributed by atoms with van der Waals surface area (Å²) in [5.74, 6) is -1.64. The smallest absolute Gasteiger partial charge is 0.226 e. The van der Waals surface area contributed by atoms with E-state index in [2.05, 4.69) is 5.32 Å². The molecule has 1 saturated carbocycles. The van der Waals surface area contributed by atoms with Crippen LogP contribution in [0.1, 0.15) is 43.6 Å². The molecule has 1 aliphatic heterocycles. The Balaban J connectivity index is 1.62. The molecule has 3 atom stereocenters. The highest BCUT2D eigenvalue weighted by molar-refractivity contribution is 5.83. The van der Waals surface area contributed by atoms with Gasteiger partial charge in [0.05, 0.1) is 0 Å². The normalized spacial score (nSPS) is 25.0. The molecule has 2 amide bonds. The van der Waals surface area contributed by atoms with Gasteiger partial charge in [-0.25, -0.2) is 8.78 Å². The predicted molar refractivity (Wildman–Crippen MR) is 93.2 cm³/mol. The number of carbonyl (C=O) groups excluding carboxylic acids is 2. The highest BCUT2D eigenvalue weighted by Crippen LogP contribution is 2.49. The number of hydrogen-bond donors (Lipinski definition) is 2. The second kappa shape index (κ2) is 8.12. The van der Waals surface area contributed by atoms with E-state index in [4.69, 9.17) is 5.73 Å². The zero-order valence-corrected chi connectivity index (χ0v) is 14.7. The molecule has 142 valence electrons. The quantitative estimate of drug-likeness (QED) is 0.809. The molecule has 1 aliphatic carbocycles. The van der Waals surface area contributed by atoms with Crippen LogP contribution in [0.15, 0.2) is 18.2 Å². The summed E-state index contributed by atoms with van der Waals surface area (Å²) in [6.45, 7) is 1.35. The molecule has 1 saturated heterocycles. The van der Waals surface area contributed by atoms with Crippen molar-refractivity contribution in [3.8, 4) is 0 Å². The highest BCUT2D eigenvalue weighted by Gasteiger charge is 2.48. The lowest BCUT2D eigenvalue weighted by atomic mass is 10.0. The molecule has 3 N–H and O–H groups in total. The van der Waals surface area contributed by atoms with E-state index in [0.29, 0.717) is 26.1 Å². The Hall–Kier alpha value is -2.02. The summed E-state index contributed by atoms with van der Waals surface area (Å²) in [4.78, 5) is 26.4. The molecule has 7 heteroatoms. The molecule has 1 aromatic rings.